The maximum atomic E-state index is 5.90. The van der Waals surface area contributed by atoms with Crippen LogP contribution in [-0.4, -0.2) is 36.0 Å². The molecule has 0 unspecified atom stereocenters. The first kappa shape index (κ1) is 20.5. The van der Waals surface area contributed by atoms with Crippen LogP contribution in [-0.2, 0) is 0 Å². The van der Waals surface area contributed by atoms with Crippen LogP contribution < -0.4 is 10.3 Å². The lowest BCUT2D eigenvalue weighted by molar-refractivity contribution is 0.874. The summed E-state index contributed by atoms with van der Waals surface area (Å²) in [5.74, 6) is 1.13. The number of rotatable bonds is 8. The molecule has 0 radical (unpaired) electrons. The summed E-state index contributed by atoms with van der Waals surface area (Å²) in [6.07, 6.45) is 1.82. The van der Waals surface area contributed by atoms with Crippen molar-refractivity contribution in [2.75, 3.05) is 35.2 Å². The lowest BCUT2D eigenvalue weighted by Gasteiger charge is -2.22. The highest BCUT2D eigenvalue weighted by molar-refractivity contribution is 6.18. The summed E-state index contributed by atoms with van der Waals surface area (Å²) >= 11 is 11.8. The van der Waals surface area contributed by atoms with E-state index in [2.05, 4.69) is 39.7 Å². The maximum absolute atomic E-state index is 5.90. The third kappa shape index (κ3) is 4.50. The molecule has 4 aromatic rings. The average molecular weight is 437 g/mol. The normalized spacial score (nSPS) is 11.4. The monoisotopic (exact) mass is 436 g/mol. The van der Waals surface area contributed by atoms with E-state index in [4.69, 9.17) is 28.2 Å². The van der Waals surface area contributed by atoms with Crippen molar-refractivity contribution in [1.82, 2.24) is 4.98 Å². The van der Waals surface area contributed by atoms with Crippen molar-refractivity contribution in [1.29, 1.82) is 0 Å². The van der Waals surface area contributed by atoms with E-state index in [0.717, 1.165) is 51.8 Å². The minimum Gasteiger partial charge on any atom is -0.369 e. The number of pyridine rings is 1. The van der Waals surface area contributed by atoms with Gasteiger partial charge in [0, 0.05) is 41.3 Å². The molecule has 0 saturated heterocycles. The highest BCUT2D eigenvalue weighted by Gasteiger charge is 2.08. The van der Waals surface area contributed by atoms with Gasteiger partial charge in [-0.3, -0.25) is 5.43 Å². The zero-order valence-electron chi connectivity index (χ0n) is 16.4. The molecule has 0 amide bonds. The summed E-state index contributed by atoms with van der Waals surface area (Å²) in [5.41, 5.74) is 8.19. The number of para-hydroxylation sites is 2. The van der Waals surface area contributed by atoms with E-state index in [1.165, 1.54) is 0 Å². The quantitative estimate of drug-likeness (QED) is 0.156. The average Bonchev–Trinajstić information content (AvgIpc) is 2.79. The molecule has 30 heavy (non-hydrogen) atoms. The molecule has 0 aliphatic rings. The lowest BCUT2D eigenvalue weighted by atomic mass is 10.1. The van der Waals surface area contributed by atoms with Gasteiger partial charge in [-0.1, -0.05) is 48.5 Å². The van der Waals surface area contributed by atoms with Crippen molar-refractivity contribution in [3.8, 4) is 0 Å². The van der Waals surface area contributed by atoms with Gasteiger partial charge in [0.15, 0.2) is 0 Å². The number of halogens is 2. The van der Waals surface area contributed by atoms with Gasteiger partial charge in [-0.05, 0) is 29.8 Å². The SMILES string of the molecule is ClCCN(CCCl)c1ccc(C=NNc2c3ccccc3nc3ccccc23)cc1. The molecule has 4 rings (SSSR count). The molecule has 4 nitrogen and oxygen atoms in total. The highest BCUT2D eigenvalue weighted by Crippen LogP contribution is 2.30. The second-order valence-corrected chi connectivity index (χ2v) is 7.60. The molecule has 1 N–H and O–H groups in total. The summed E-state index contributed by atoms with van der Waals surface area (Å²) in [5, 5.41) is 6.59. The van der Waals surface area contributed by atoms with E-state index in [1.54, 1.807) is 0 Å². The van der Waals surface area contributed by atoms with Gasteiger partial charge in [0.1, 0.15) is 0 Å². The number of alkyl halides is 2. The molecule has 0 aliphatic carbocycles. The second kappa shape index (κ2) is 9.79. The fourth-order valence-corrected chi connectivity index (χ4v) is 3.89. The van der Waals surface area contributed by atoms with Gasteiger partial charge >= 0.3 is 0 Å². The van der Waals surface area contributed by atoms with Crippen LogP contribution >= 0.6 is 23.2 Å². The molecule has 0 atom stereocenters. The van der Waals surface area contributed by atoms with E-state index in [-0.39, 0.29) is 0 Å². The zero-order chi connectivity index (χ0) is 20.8. The van der Waals surface area contributed by atoms with Gasteiger partial charge in [0.25, 0.3) is 0 Å². The molecule has 0 aliphatic heterocycles. The number of benzene rings is 3. The fourth-order valence-electron chi connectivity index (χ4n) is 3.48. The Labute approximate surface area is 186 Å². The van der Waals surface area contributed by atoms with Gasteiger partial charge in [0.05, 0.1) is 22.9 Å². The molecule has 0 fully saturated rings. The molecule has 6 heteroatoms. The number of nitrogens with one attached hydrogen (secondary N) is 1. The third-order valence-electron chi connectivity index (χ3n) is 4.94. The van der Waals surface area contributed by atoms with Gasteiger partial charge < -0.3 is 4.90 Å². The number of aromatic nitrogens is 1. The van der Waals surface area contributed by atoms with E-state index in [0.29, 0.717) is 11.8 Å². The van der Waals surface area contributed by atoms with E-state index in [1.807, 2.05) is 54.7 Å². The molecule has 1 heterocycles. The second-order valence-electron chi connectivity index (χ2n) is 6.85. The Morgan fingerprint density at radius 3 is 1.93 bits per heavy atom. The molecular weight excluding hydrogens is 415 g/mol. The molecule has 152 valence electrons. The van der Waals surface area contributed by atoms with Gasteiger partial charge in [0.2, 0.25) is 0 Å². The number of hydrogen-bond acceptors (Lipinski definition) is 4. The van der Waals surface area contributed by atoms with Crippen molar-refractivity contribution in [2.24, 2.45) is 5.10 Å². The van der Waals surface area contributed by atoms with E-state index in [9.17, 15) is 0 Å². The van der Waals surface area contributed by atoms with Crippen LogP contribution in [0.25, 0.3) is 21.8 Å². The summed E-state index contributed by atoms with van der Waals surface area (Å²) < 4.78 is 0. The number of hydrogen-bond donors (Lipinski definition) is 1. The molecule has 3 aromatic carbocycles. The van der Waals surface area contributed by atoms with Gasteiger partial charge in [-0.15, -0.1) is 23.2 Å². The summed E-state index contributed by atoms with van der Waals surface area (Å²) in [4.78, 5) is 6.92. The first-order valence-corrected chi connectivity index (χ1v) is 10.9. The molecule has 0 spiro atoms. The minimum atomic E-state index is 0.567. The lowest BCUT2D eigenvalue weighted by Crippen LogP contribution is -2.27. The van der Waals surface area contributed by atoms with Crippen LogP contribution in [0.2, 0.25) is 0 Å². The summed E-state index contributed by atoms with van der Waals surface area (Å²) in [6, 6.07) is 24.4. The predicted molar refractivity (Wildman–Crippen MR) is 131 cm³/mol. The van der Waals surface area contributed by atoms with Crippen LogP contribution in [0.3, 0.4) is 0 Å². The van der Waals surface area contributed by atoms with Crippen molar-refractivity contribution in [3.63, 3.8) is 0 Å². The molecule has 1 aromatic heterocycles. The fraction of sp³-hybridized carbons (Fsp3) is 0.167. The zero-order valence-corrected chi connectivity index (χ0v) is 17.9. The Morgan fingerprint density at radius 2 is 1.37 bits per heavy atom. The minimum absolute atomic E-state index is 0.567. The Kier molecular flexibility index (Phi) is 6.67. The topological polar surface area (TPSA) is 40.5 Å². The number of nitrogens with zero attached hydrogens (tertiary/aromatic N) is 3. The number of anilines is 2. The molecule has 0 bridgehead atoms. The number of hydrazone groups is 1. The van der Waals surface area contributed by atoms with Crippen molar-refractivity contribution < 1.29 is 0 Å². The molecule has 0 saturated carbocycles. The van der Waals surface area contributed by atoms with Crippen LogP contribution in [0, 0.1) is 0 Å². The summed E-state index contributed by atoms with van der Waals surface area (Å²) in [6.45, 7) is 1.54. The Morgan fingerprint density at radius 1 is 0.800 bits per heavy atom. The van der Waals surface area contributed by atoms with Crippen LogP contribution in [0.5, 0.6) is 0 Å². The van der Waals surface area contributed by atoms with E-state index < -0.39 is 0 Å². The first-order chi connectivity index (χ1) is 14.8. The standard InChI is InChI=1S/C24H22Cl2N4/c25-13-15-30(16-14-26)19-11-9-18(10-12-19)17-27-29-24-20-5-1-3-7-22(20)28-23-8-4-2-6-21(23)24/h1-12,17H,13-16H2,(H,28,29). The van der Waals surface area contributed by atoms with Crippen LogP contribution in [0.15, 0.2) is 77.9 Å². The van der Waals surface area contributed by atoms with E-state index >= 15 is 0 Å². The van der Waals surface area contributed by atoms with Crippen LogP contribution in [0.4, 0.5) is 11.4 Å². The van der Waals surface area contributed by atoms with Gasteiger partial charge in [-0.25, -0.2) is 4.98 Å². The number of fused-ring (bicyclic) bond motifs is 2. The Hall–Kier alpha value is -2.82. The third-order valence-corrected chi connectivity index (χ3v) is 5.28. The maximum Gasteiger partial charge on any atom is 0.0749 e. The summed E-state index contributed by atoms with van der Waals surface area (Å²) in [7, 11) is 0. The van der Waals surface area contributed by atoms with Gasteiger partial charge in [-0.2, -0.15) is 5.10 Å². The first-order valence-electron chi connectivity index (χ1n) is 9.83. The largest absolute Gasteiger partial charge is 0.369 e. The van der Waals surface area contributed by atoms with Crippen molar-refractivity contribution >= 4 is 62.6 Å². The van der Waals surface area contributed by atoms with Crippen molar-refractivity contribution in [3.05, 3.63) is 78.4 Å². The Balaban J connectivity index is 1.58. The highest BCUT2D eigenvalue weighted by atomic mass is 35.5. The Bertz CT molecular complexity index is 1100. The predicted octanol–water partition coefficient (Wildman–Crippen LogP) is 6.12. The smallest absolute Gasteiger partial charge is 0.0749 e. The van der Waals surface area contributed by atoms with Crippen molar-refractivity contribution in [2.45, 2.75) is 0 Å². The molecular formula is C24H22Cl2N4. The van der Waals surface area contributed by atoms with Crippen LogP contribution in [0.1, 0.15) is 5.56 Å².